The molecule has 5 aliphatic carbocycles. The van der Waals surface area contributed by atoms with Crippen LogP contribution in [0.3, 0.4) is 0 Å². The Hall–Kier alpha value is -1.09. The average Bonchev–Trinajstić information content (AvgIpc) is 3.11. The van der Waals surface area contributed by atoms with Crippen molar-refractivity contribution in [2.45, 2.75) is 136 Å². The maximum Gasteiger partial charge on any atom is 0.125 e. The highest BCUT2D eigenvalue weighted by Gasteiger charge is 2.93. The van der Waals surface area contributed by atoms with E-state index < -0.39 is 0 Å². The first-order chi connectivity index (χ1) is 17.8. The second-order valence-electron chi connectivity index (χ2n) is 16.0. The first-order valence-electron chi connectivity index (χ1n) is 15.9. The summed E-state index contributed by atoms with van der Waals surface area (Å²) in [5.41, 5.74) is 6.98. The lowest BCUT2D eigenvalue weighted by molar-refractivity contribution is -0.114. The fourth-order valence-corrected chi connectivity index (χ4v) is 12.5. The van der Waals surface area contributed by atoms with E-state index in [1.165, 1.54) is 75.4 Å². The molecule has 206 valence electrons. The molecular formula is C35H52BNO. The molecule has 2 radical (unpaired) electrons. The molecule has 1 aliphatic heterocycles. The largest absolute Gasteiger partial charge is 0.310 e. The zero-order valence-corrected chi connectivity index (χ0v) is 25.3. The molecule has 8 atom stereocenters. The number of rotatable bonds is 7. The van der Waals surface area contributed by atoms with Gasteiger partial charge in [0.1, 0.15) is 6.29 Å². The van der Waals surface area contributed by atoms with Gasteiger partial charge in [-0.15, -0.1) is 0 Å². The normalized spacial score (nSPS) is 47.2. The molecule has 3 heteroatoms. The van der Waals surface area contributed by atoms with Gasteiger partial charge >= 0.3 is 0 Å². The van der Waals surface area contributed by atoms with E-state index in [2.05, 4.69) is 46.2 Å². The van der Waals surface area contributed by atoms with Crippen LogP contribution in [0.4, 0.5) is 0 Å². The van der Waals surface area contributed by atoms with Crippen LogP contribution in [-0.2, 0) is 4.79 Å². The number of aldehydes is 1. The monoisotopic (exact) mass is 513 g/mol. The van der Waals surface area contributed by atoms with Gasteiger partial charge in [-0.05, 0) is 110 Å². The summed E-state index contributed by atoms with van der Waals surface area (Å²) < 4.78 is 0. The molecule has 1 N–H and O–H groups in total. The van der Waals surface area contributed by atoms with E-state index in [1.807, 2.05) is 19.4 Å². The third-order valence-corrected chi connectivity index (χ3v) is 13.6. The molecule has 5 fully saturated rings. The predicted octanol–water partition coefficient (Wildman–Crippen LogP) is 8.29. The molecule has 2 spiro atoms. The number of hydrogen-bond donors (Lipinski definition) is 1. The molecule has 0 aromatic heterocycles. The highest BCUT2D eigenvalue weighted by atomic mass is 16.1. The maximum atomic E-state index is 11.5. The van der Waals surface area contributed by atoms with Crippen LogP contribution in [0, 0.1) is 38.9 Å². The van der Waals surface area contributed by atoms with E-state index in [-0.39, 0.29) is 27.0 Å². The second-order valence-corrected chi connectivity index (χ2v) is 16.0. The number of allylic oxidation sites excluding steroid dienone is 3. The molecule has 2 nitrogen and oxygen atoms in total. The minimum atomic E-state index is -0.313. The Morgan fingerprint density at radius 1 is 1.16 bits per heavy atom. The average molecular weight is 514 g/mol. The quantitative estimate of drug-likeness (QED) is 0.211. The maximum absolute atomic E-state index is 11.5. The Balaban J connectivity index is 1.31. The van der Waals surface area contributed by atoms with Gasteiger partial charge in [0, 0.05) is 17.5 Å². The minimum Gasteiger partial charge on any atom is -0.310 e. The second kappa shape index (κ2) is 8.24. The Bertz CT molecular complexity index is 1120. The van der Waals surface area contributed by atoms with Crippen molar-refractivity contribution in [2.75, 3.05) is 0 Å². The number of hydrogen-bond acceptors (Lipinski definition) is 2. The molecule has 0 bridgehead atoms. The molecule has 6 rings (SSSR count). The van der Waals surface area contributed by atoms with Crippen molar-refractivity contribution in [2.24, 2.45) is 38.9 Å². The van der Waals surface area contributed by atoms with Gasteiger partial charge in [-0.2, -0.15) is 0 Å². The zero-order valence-electron chi connectivity index (χ0n) is 25.3. The fourth-order valence-electron chi connectivity index (χ4n) is 12.5. The van der Waals surface area contributed by atoms with Crippen LogP contribution in [0.5, 0.6) is 0 Å². The summed E-state index contributed by atoms with van der Waals surface area (Å²) >= 11 is 0. The van der Waals surface area contributed by atoms with Gasteiger partial charge in [0.05, 0.1) is 7.85 Å². The summed E-state index contributed by atoms with van der Waals surface area (Å²) in [5.74, 6) is 1.22. The fraction of sp³-hybridized carbons (Fsp3) is 0.800. The first kappa shape index (κ1) is 27.1. The Kier molecular flexibility index (Phi) is 5.87. The van der Waals surface area contributed by atoms with E-state index in [0.29, 0.717) is 29.3 Å². The molecule has 38 heavy (non-hydrogen) atoms. The van der Waals surface area contributed by atoms with Crippen molar-refractivity contribution in [3.8, 4) is 0 Å². The third-order valence-electron chi connectivity index (χ3n) is 13.6. The molecule has 1 heterocycles. The molecule has 4 saturated carbocycles. The molecule has 0 amide bonds. The lowest BCUT2D eigenvalue weighted by Crippen LogP contribution is -2.59. The van der Waals surface area contributed by atoms with E-state index in [0.717, 1.165) is 19.1 Å². The van der Waals surface area contributed by atoms with Crippen molar-refractivity contribution < 1.29 is 4.79 Å². The van der Waals surface area contributed by atoms with Gasteiger partial charge in [-0.1, -0.05) is 83.2 Å². The van der Waals surface area contributed by atoms with Gasteiger partial charge in [0.2, 0.25) is 0 Å². The van der Waals surface area contributed by atoms with Gasteiger partial charge in [0.25, 0.3) is 0 Å². The number of nitrogens with one attached hydrogen (secondary N) is 1. The van der Waals surface area contributed by atoms with E-state index in [9.17, 15) is 4.79 Å². The standard InChI is InChI=1S/C35H52BNO/c1-9-32-16-17-33-26(29(32)28(22(2)3)24(5)20-32)11-14-34(33)31(8)13-10-25(18-23(4)19-30(6,7)21-38)37-27(31)12-15-35(33,34)36/h21-22,25-27,37H,4-5,9-20H2,1-3,6-8H3. The van der Waals surface area contributed by atoms with Crippen LogP contribution in [0.1, 0.15) is 119 Å². The molecule has 1 saturated heterocycles. The van der Waals surface area contributed by atoms with E-state index >= 15 is 0 Å². The van der Waals surface area contributed by atoms with Crippen molar-refractivity contribution >= 4 is 14.1 Å². The van der Waals surface area contributed by atoms with Crippen LogP contribution < -0.4 is 5.32 Å². The predicted molar refractivity (Wildman–Crippen MR) is 159 cm³/mol. The SMILES string of the molecule is [B]C12CCC3NC(CC(=C)CC(C)(C)C=O)CCC3(C)C13CCC1C4=C(C(C)C)C(=C)CC4(CC)CCC123. The first-order valence-corrected chi connectivity index (χ1v) is 15.9. The van der Waals surface area contributed by atoms with Gasteiger partial charge < -0.3 is 10.1 Å². The Morgan fingerprint density at radius 3 is 2.55 bits per heavy atom. The van der Waals surface area contributed by atoms with E-state index in [1.54, 1.807) is 5.57 Å². The molecule has 8 unspecified atom stereocenters. The van der Waals surface area contributed by atoms with Gasteiger partial charge in [0.15, 0.2) is 0 Å². The molecule has 6 aliphatic rings. The minimum absolute atomic E-state index is 0.000814. The van der Waals surface area contributed by atoms with Crippen LogP contribution in [0.2, 0.25) is 5.31 Å². The smallest absolute Gasteiger partial charge is 0.125 e. The summed E-state index contributed by atoms with van der Waals surface area (Å²) in [5, 5.41) is 4.17. The van der Waals surface area contributed by atoms with Crippen LogP contribution in [0.15, 0.2) is 35.5 Å². The lowest BCUT2D eigenvalue weighted by Gasteiger charge is -2.55. The van der Waals surface area contributed by atoms with Crippen LogP contribution >= 0.6 is 0 Å². The zero-order chi connectivity index (χ0) is 27.5. The van der Waals surface area contributed by atoms with Crippen LogP contribution in [-0.4, -0.2) is 26.2 Å². The van der Waals surface area contributed by atoms with Crippen molar-refractivity contribution in [3.63, 3.8) is 0 Å². The topological polar surface area (TPSA) is 29.1 Å². The van der Waals surface area contributed by atoms with Gasteiger partial charge in [-0.25, -0.2) is 0 Å². The summed E-state index contributed by atoms with van der Waals surface area (Å²) in [6, 6.07) is 1.02. The van der Waals surface area contributed by atoms with Crippen molar-refractivity contribution in [1.29, 1.82) is 0 Å². The van der Waals surface area contributed by atoms with E-state index in [4.69, 9.17) is 7.85 Å². The number of carbonyl (C=O) groups excluding carboxylic acids is 1. The third kappa shape index (κ3) is 2.99. The Morgan fingerprint density at radius 2 is 1.89 bits per heavy atom. The molecular weight excluding hydrogens is 461 g/mol. The number of piperidine rings is 1. The summed E-state index contributed by atoms with van der Waals surface area (Å²) in [6.45, 7) is 22.9. The highest BCUT2D eigenvalue weighted by molar-refractivity contribution is 6.20. The number of fused-ring (bicyclic) bond motifs is 3. The van der Waals surface area contributed by atoms with Crippen LogP contribution in [0.25, 0.3) is 0 Å². The summed E-state index contributed by atoms with van der Waals surface area (Å²) in [6.07, 6.45) is 15.4. The van der Waals surface area contributed by atoms with Gasteiger partial charge in [-0.3, -0.25) is 0 Å². The Labute approximate surface area is 234 Å². The number of carbonyl (C=O) groups is 1. The van der Waals surface area contributed by atoms with Crippen molar-refractivity contribution in [3.05, 3.63) is 35.5 Å². The van der Waals surface area contributed by atoms with Crippen molar-refractivity contribution in [1.82, 2.24) is 5.32 Å². The highest BCUT2D eigenvalue weighted by Crippen LogP contribution is 3.01. The molecule has 0 aromatic carbocycles. The summed E-state index contributed by atoms with van der Waals surface area (Å²) in [4.78, 5) is 11.5. The lowest BCUT2D eigenvalue weighted by atomic mass is 9.51. The summed E-state index contributed by atoms with van der Waals surface area (Å²) in [7, 11) is 7.73. The molecule has 0 aromatic rings.